The van der Waals surface area contributed by atoms with Gasteiger partial charge in [0, 0.05) is 19.7 Å². The van der Waals surface area contributed by atoms with Crippen LogP contribution in [0, 0.1) is 0 Å². The summed E-state index contributed by atoms with van der Waals surface area (Å²) >= 11 is 5.89. The predicted octanol–water partition coefficient (Wildman–Crippen LogP) is 0.919. The number of nitrogens with one attached hydrogen (secondary N) is 1. The molecule has 2 heterocycles. The van der Waals surface area contributed by atoms with Crippen molar-refractivity contribution in [3.05, 3.63) is 11.5 Å². The van der Waals surface area contributed by atoms with Gasteiger partial charge in [-0.15, -0.1) is 0 Å². The van der Waals surface area contributed by atoms with Crippen LogP contribution in [0.5, 0.6) is 0 Å². The highest BCUT2D eigenvalue weighted by Gasteiger charge is 2.29. The lowest BCUT2D eigenvalue weighted by molar-refractivity contribution is 0.0902. The van der Waals surface area contributed by atoms with E-state index in [0.29, 0.717) is 6.61 Å². The number of rotatable bonds is 4. The van der Waals surface area contributed by atoms with E-state index in [9.17, 15) is 8.42 Å². The third kappa shape index (κ3) is 2.69. The predicted molar refractivity (Wildman–Crippen MR) is 67.0 cm³/mol. The smallest absolute Gasteiger partial charge is 0.261 e. The van der Waals surface area contributed by atoms with Gasteiger partial charge in [-0.25, -0.2) is 18.1 Å². The molecule has 0 amide bonds. The first-order valence-corrected chi connectivity index (χ1v) is 7.58. The zero-order valence-corrected chi connectivity index (χ0v) is 11.8. The Balaban J connectivity index is 2.14. The Morgan fingerprint density at radius 1 is 1.67 bits per heavy atom. The van der Waals surface area contributed by atoms with Gasteiger partial charge in [-0.1, -0.05) is 11.6 Å². The molecular weight excluding hydrogens is 278 g/mol. The molecule has 2 rings (SSSR count). The highest BCUT2D eigenvalue weighted by molar-refractivity contribution is 7.89. The molecule has 102 valence electrons. The molecule has 1 aromatic heterocycles. The lowest BCUT2D eigenvalue weighted by atomic mass is 10.1. The van der Waals surface area contributed by atoms with Gasteiger partial charge < -0.3 is 9.30 Å². The summed E-state index contributed by atoms with van der Waals surface area (Å²) in [4.78, 5) is 3.81. The lowest BCUT2D eigenvalue weighted by Gasteiger charge is -2.19. The molecule has 8 heteroatoms. The molecule has 1 N–H and O–H groups in total. The Hall–Kier alpha value is -0.630. The van der Waals surface area contributed by atoms with E-state index in [2.05, 4.69) is 9.71 Å². The molecular formula is C10H16ClN3O3S. The summed E-state index contributed by atoms with van der Waals surface area (Å²) in [5, 5.41) is -0.0430. The summed E-state index contributed by atoms with van der Waals surface area (Å²) in [5.74, 6) is 0. The molecule has 0 unspecified atom stereocenters. The molecule has 0 saturated carbocycles. The minimum atomic E-state index is -3.70. The summed E-state index contributed by atoms with van der Waals surface area (Å²) in [6, 6.07) is -0.296. The highest BCUT2D eigenvalue weighted by Crippen LogP contribution is 2.21. The normalized spacial score (nSPS) is 22.3. The van der Waals surface area contributed by atoms with Crippen molar-refractivity contribution >= 4 is 21.6 Å². The SMILES string of the molecule is C[C@@H](NS(=O)(=O)c1ncn(C)c1Cl)[C@@H]1CCCO1. The second kappa shape index (κ2) is 5.16. The van der Waals surface area contributed by atoms with Crippen molar-refractivity contribution in [2.24, 2.45) is 7.05 Å². The fourth-order valence-corrected chi connectivity index (χ4v) is 3.65. The summed E-state index contributed by atoms with van der Waals surface area (Å²) in [6.45, 7) is 2.46. The van der Waals surface area contributed by atoms with Gasteiger partial charge in [-0.05, 0) is 19.8 Å². The zero-order valence-electron chi connectivity index (χ0n) is 10.3. The molecule has 1 saturated heterocycles. The molecule has 1 fully saturated rings. The summed E-state index contributed by atoms with van der Waals surface area (Å²) < 4.78 is 33.7. The van der Waals surface area contributed by atoms with Gasteiger partial charge in [0.15, 0.2) is 0 Å². The van der Waals surface area contributed by atoms with Crippen molar-refractivity contribution in [3.63, 3.8) is 0 Å². The number of hydrogen-bond acceptors (Lipinski definition) is 4. The largest absolute Gasteiger partial charge is 0.377 e. The molecule has 1 aliphatic heterocycles. The number of halogens is 1. The van der Waals surface area contributed by atoms with Crippen LogP contribution in [0.1, 0.15) is 19.8 Å². The first-order chi connectivity index (χ1) is 8.42. The van der Waals surface area contributed by atoms with E-state index >= 15 is 0 Å². The summed E-state index contributed by atoms with van der Waals surface area (Å²) in [6.07, 6.45) is 3.11. The van der Waals surface area contributed by atoms with Crippen LogP contribution in [0.25, 0.3) is 0 Å². The summed E-state index contributed by atoms with van der Waals surface area (Å²) in [7, 11) is -2.06. The first-order valence-electron chi connectivity index (χ1n) is 5.72. The minimum Gasteiger partial charge on any atom is -0.377 e. The maximum Gasteiger partial charge on any atom is 0.261 e. The van der Waals surface area contributed by atoms with Crippen LogP contribution >= 0.6 is 11.6 Å². The molecule has 0 aliphatic carbocycles. The standard InChI is InChI=1S/C10H16ClN3O3S/c1-7(8-4-3-5-17-8)13-18(15,16)10-9(11)14(2)6-12-10/h6-8,13H,3-5H2,1-2H3/t7-,8+/m1/s1. The van der Waals surface area contributed by atoms with Crippen molar-refractivity contribution in [2.45, 2.75) is 36.9 Å². The zero-order chi connectivity index (χ0) is 13.3. The fourth-order valence-electron chi connectivity index (χ4n) is 1.95. The molecule has 0 aromatic carbocycles. The van der Waals surface area contributed by atoms with Crippen LogP contribution in [0.15, 0.2) is 11.4 Å². The van der Waals surface area contributed by atoms with E-state index in [-0.39, 0.29) is 22.3 Å². The second-order valence-electron chi connectivity index (χ2n) is 4.41. The van der Waals surface area contributed by atoms with E-state index in [1.807, 2.05) is 0 Å². The van der Waals surface area contributed by atoms with E-state index < -0.39 is 10.0 Å². The van der Waals surface area contributed by atoms with E-state index in [1.54, 1.807) is 14.0 Å². The van der Waals surface area contributed by atoms with E-state index in [0.717, 1.165) is 12.8 Å². The average molecular weight is 294 g/mol. The number of hydrogen-bond donors (Lipinski definition) is 1. The van der Waals surface area contributed by atoms with Gasteiger partial charge in [0.1, 0.15) is 5.15 Å². The van der Waals surface area contributed by atoms with Crippen LogP contribution in [0.4, 0.5) is 0 Å². The van der Waals surface area contributed by atoms with Crippen molar-refractivity contribution in [2.75, 3.05) is 6.61 Å². The Bertz CT molecular complexity index is 522. The number of aryl methyl sites for hydroxylation is 1. The van der Waals surface area contributed by atoms with Crippen LogP contribution in [0.2, 0.25) is 5.15 Å². The van der Waals surface area contributed by atoms with Crippen LogP contribution < -0.4 is 4.72 Å². The minimum absolute atomic E-state index is 0.0812. The highest BCUT2D eigenvalue weighted by atomic mass is 35.5. The van der Waals surface area contributed by atoms with Gasteiger partial charge in [-0.2, -0.15) is 0 Å². The van der Waals surface area contributed by atoms with Crippen LogP contribution in [-0.2, 0) is 21.8 Å². The average Bonchev–Trinajstić information content (AvgIpc) is 2.89. The van der Waals surface area contributed by atoms with Gasteiger partial charge in [-0.3, -0.25) is 0 Å². The molecule has 1 aliphatic rings. The second-order valence-corrected chi connectivity index (χ2v) is 6.40. The molecule has 18 heavy (non-hydrogen) atoms. The molecule has 0 bridgehead atoms. The third-order valence-corrected chi connectivity index (χ3v) is 5.00. The van der Waals surface area contributed by atoms with Crippen LogP contribution in [-0.4, -0.2) is 36.7 Å². The molecule has 1 aromatic rings. The number of imidazole rings is 1. The third-order valence-electron chi connectivity index (χ3n) is 2.95. The Morgan fingerprint density at radius 2 is 2.39 bits per heavy atom. The van der Waals surface area contributed by atoms with Gasteiger partial charge in [0.05, 0.1) is 12.4 Å². The number of nitrogens with zero attached hydrogens (tertiary/aromatic N) is 2. The van der Waals surface area contributed by atoms with E-state index in [4.69, 9.17) is 16.3 Å². The number of ether oxygens (including phenoxy) is 1. The fraction of sp³-hybridized carbons (Fsp3) is 0.700. The molecule has 2 atom stereocenters. The topological polar surface area (TPSA) is 73.2 Å². The monoisotopic (exact) mass is 293 g/mol. The molecule has 0 radical (unpaired) electrons. The van der Waals surface area contributed by atoms with Gasteiger partial charge in [0.25, 0.3) is 10.0 Å². The quantitative estimate of drug-likeness (QED) is 0.896. The van der Waals surface area contributed by atoms with Crippen molar-refractivity contribution in [1.82, 2.24) is 14.3 Å². The van der Waals surface area contributed by atoms with Crippen molar-refractivity contribution < 1.29 is 13.2 Å². The molecule has 0 spiro atoms. The number of sulfonamides is 1. The number of aromatic nitrogens is 2. The molecule has 6 nitrogen and oxygen atoms in total. The van der Waals surface area contributed by atoms with Gasteiger partial charge >= 0.3 is 0 Å². The maximum absolute atomic E-state index is 12.1. The van der Waals surface area contributed by atoms with Crippen LogP contribution in [0.3, 0.4) is 0 Å². The van der Waals surface area contributed by atoms with Crippen molar-refractivity contribution in [1.29, 1.82) is 0 Å². The Kier molecular flexibility index (Phi) is 3.96. The van der Waals surface area contributed by atoms with Crippen molar-refractivity contribution in [3.8, 4) is 0 Å². The van der Waals surface area contributed by atoms with E-state index in [1.165, 1.54) is 10.9 Å². The summed E-state index contributed by atoms with van der Waals surface area (Å²) in [5.41, 5.74) is 0. The Labute approximate surface area is 111 Å². The lowest BCUT2D eigenvalue weighted by Crippen LogP contribution is -2.41. The first kappa shape index (κ1) is 13.8. The van der Waals surface area contributed by atoms with Gasteiger partial charge in [0.2, 0.25) is 5.03 Å². The maximum atomic E-state index is 12.1. The Morgan fingerprint density at radius 3 is 2.89 bits per heavy atom.